The molecule has 0 bridgehead atoms. The summed E-state index contributed by atoms with van der Waals surface area (Å²) in [5.74, 6) is -1.20. The van der Waals surface area contributed by atoms with E-state index in [0.717, 1.165) is 4.31 Å². The second-order valence-corrected chi connectivity index (χ2v) is 7.17. The van der Waals surface area contributed by atoms with E-state index >= 15 is 0 Å². The predicted octanol–water partition coefficient (Wildman–Crippen LogP) is -0.0175. The van der Waals surface area contributed by atoms with Crippen molar-refractivity contribution in [1.29, 1.82) is 0 Å². The highest BCUT2D eigenvalue weighted by atomic mass is 32.2. The molecule has 0 amide bonds. The number of aryl methyl sites for hydroxylation is 1. The lowest BCUT2D eigenvalue weighted by atomic mass is 10.6. The number of H-pyrrole nitrogens is 1. The van der Waals surface area contributed by atoms with Gasteiger partial charge in [0.2, 0.25) is 0 Å². The summed E-state index contributed by atoms with van der Waals surface area (Å²) in [5.41, 5.74) is 0.251. The lowest BCUT2D eigenvalue weighted by Crippen LogP contribution is -2.37. The minimum Gasteiger partial charge on any atom is -0.480 e. The van der Waals surface area contributed by atoms with E-state index in [1.165, 1.54) is 6.92 Å². The largest absolute Gasteiger partial charge is 0.480 e. The quantitative estimate of drug-likeness (QED) is 0.793. The average Bonchev–Trinajstić information content (AvgIpc) is 3.00. The Bertz CT molecular complexity index is 626. The van der Waals surface area contributed by atoms with Crippen LogP contribution in [0.25, 0.3) is 0 Å². The Kier molecular flexibility index (Phi) is 3.30. The first-order valence-corrected chi connectivity index (χ1v) is 7.51. The highest BCUT2D eigenvalue weighted by Crippen LogP contribution is 2.33. The number of nitrogens with one attached hydrogen (secondary N) is 1. The first-order chi connectivity index (χ1) is 8.32. The third-order valence-corrected chi connectivity index (χ3v) is 6.05. The number of sulfonamides is 1. The van der Waals surface area contributed by atoms with Crippen LogP contribution in [-0.2, 0) is 14.8 Å². The molecule has 1 heterocycles. The molecule has 7 nitrogen and oxygen atoms in total. The molecule has 18 heavy (non-hydrogen) atoms. The molecule has 9 heteroatoms. The second kappa shape index (κ2) is 4.48. The zero-order chi connectivity index (χ0) is 13.5. The van der Waals surface area contributed by atoms with E-state index in [2.05, 4.69) is 4.98 Å². The molecule has 0 saturated heterocycles. The van der Waals surface area contributed by atoms with Gasteiger partial charge in [-0.25, -0.2) is 8.42 Å². The Labute approximate surface area is 107 Å². The number of rotatable bonds is 5. The van der Waals surface area contributed by atoms with Gasteiger partial charge in [0.05, 0.1) is 0 Å². The van der Waals surface area contributed by atoms with Gasteiger partial charge in [0.25, 0.3) is 10.0 Å². The molecule has 0 aromatic carbocycles. The van der Waals surface area contributed by atoms with E-state index in [-0.39, 0.29) is 15.9 Å². The van der Waals surface area contributed by atoms with E-state index in [4.69, 9.17) is 5.11 Å². The van der Waals surface area contributed by atoms with Crippen molar-refractivity contribution < 1.29 is 18.3 Å². The molecule has 1 aromatic rings. The van der Waals surface area contributed by atoms with Gasteiger partial charge in [0.1, 0.15) is 6.54 Å². The fourth-order valence-corrected chi connectivity index (χ4v) is 4.70. The van der Waals surface area contributed by atoms with Gasteiger partial charge in [0.15, 0.2) is 4.21 Å². The highest BCUT2D eigenvalue weighted by molar-refractivity contribution is 7.91. The minimum absolute atomic E-state index is 0.0966. The van der Waals surface area contributed by atoms with Crippen LogP contribution in [0.5, 0.6) is 0 Å². The zero-order valence-corrected chi connectivity index (χ0v) is 11.2. The zero-order valence-electron chi connectivity index (χ0n) is 9.54. The number of thiazole rings is 1. The molecule has 0 aliphatic heterocycles. The van der Waals surface area contributed by atoms with Crippen LogP contribution in [0.4, 0.5) is 0 Å². The van der Waals surface area contributed by atoms with E-state index < -0.39 is 27.4 Å². The maximum absolute atomic E-state index is 12.3. The Morgan fingerprint density at radius 3 is 2.56 bits per heavy atom. The van der Waals surface area contributed by atoms with Gasteiger partial charge in [-0.05, 0) is 19.8 Å². The van der Waals surface area contributed by atoms with Gasteiger partial charge in [-0.1, -0.05) is 11.3 Å². The Balaban J connectivity index is 2.42. The molecule has 2 rings (SSSR count). The van der Waals surface area contributed by atoms with Gasteiger partial charge in [-0.15, -0.1) is 0 Å². The predicted molar refractivity (Wildman–Crippen MR) is 64.2 cm³/mol. The van der Waals surface area contributed by atoms with E-state index in [1.807, 2.05) is 0 Å². The Morgan fingerprint density at radius 2 is 2.17 bits per heavy atom. The third kappa shape index (κ3) is 2.47. The Hall–Kier alpha value is -1.19. The first kappa shape index (κ1) is 13.2. The maximum atomic E-state index is 12.3. The molecule has 1 aromatic heterocycles. The van der Waals surface area contributed by atoms with Crippen LogP contribution in [0.15, 0.2) is 9.00 Å². The van der Waals surface area contributed by atoms with Crippen LogP contribution in [0, 0.1) is 6.92 Å². The second-order valence-electron chi connectivity index (χ2n) is 4.10. The van der Waals surface area contributed by atoms with E-state index in [0.29, 0.717) is 24.2 Å². The first-order valence-electron chi connectivity index (χ1n) is 5.25. The fraction of sp³-hybridized carbons (Fsp3) is 0.556. The van der Waals surface area contributed by atoms with E-state index in [9.17, 15) is 18.0 Å². The molecule has 0 atom stereocenters. The molecule has 2 N–H and O–H groups in total. The number of aromatic amines is 1. The number of carboxylic acid groups (broad SMARTS) is 1. The summed E-state index contributed by atoms with van der Waals surface area (Å²) in [6.07, 6.45) is 1.32. The minimum atomic E-state index is -3.90. The number of hydrogen-bond acceptors (Lipinski definition) is 5. The summed E-state index contributed by atoms with van der Waals surface area (Å²) in [6, 6.07) is -0.261. The van der Waals surface area contributed by atoms with Crippen LogP contribution in [0.3, 0.4) is 0 Å². The van der Waals surface area contributed by atoms with Crippen LogP contribution in [0.1, 0.15) is 18.5 Å². The van der Waals surface area contributed by atoms with E-state index in [1.54, 1.807) is 0 Å². The summed E-state index contributed by atoms with van der Waals surface area (Å²) in [4.78, 5) is 23.8. The van der Waals surface area contributed by atoms with Crippen LogP contribution >= 0.6 is 11.3 Å². The number of hydrogen-bond donors (Lipinski definition) is 2. The number of carboxylic acids is 1. The average molecular weight is 292 g/mol. The van der Waals surface area contributed by atoms with Crippen LogP contribution in [0.2, 0.25) is 0 Å². The topological polar surface area (TPSA) is 108 Å². The fourth-order valence-electron chi connectivity index (χ4n) is 1.65. The van der Waals surface area contributed by atoms with Crippen molar-refractivity contribution in [1.82, 2.24) is 9.29 Å². The number of aliphatic carboxylic acids is 1. The van der Waals surface area contributed by atoms with Crippen molar-refractivity contribution in [3.8, 4) is 0 Å². The van der Waals surface area contributed by atoms with Crippen molar-refractivity contribution in [2.24, 2.45) is 0 Å². The molecule has 0 radical (unpaired) electrons. The van der Waals surface area contributed by atoms with Gasteiger partial charge >= 0.3 is 10.8 Å². The number of carbonyl (C=O) groups is 1. The molecule has 1 aliphatic rings. The molecular formula is C9H12N2O5S2. The van der Waals surface area contributed by atoms with Gasteiger partial charge in [-0.2, -0.15) is 4.31 Å². The number of nitrogens with zero attached hydrogens (tertiary/aromatic N) is 1. The van der Waals surface area contributed by atoms with Crippen molar-refractivity contribution in [2.75, 3.05) is 6.54 Å². The smallest absolute Gasteiger partial charge is 0.318 e. The lowest BCUT2D eigenvalue weighted by molar-refractivity contribution is -0.137. The van der Waals surface area contributed by atoms with Gasteiger partial charge in [-0.3, -0.25) is 9.59 Å². The standard InChI is InChI=1S/C9H12N2O5S2/c1-5-8(17-9(14)10-5)18(15,16)11(4-7(12)13)6-2-3-6/h6H,2-4H2,1H3,(H,10,14)(H,12,13). The molecule has 1 fully saturated rings. The van der Waals surface area contributed by atoms with Gasteiger partial charge in [0, 0.05) is 11.7 Å². The third-order valence-electron chi connectivity index (χ3n) is 2.57. The summed E-state index contributed by atoms with van der Waals surface area (Å²) in [6.45, 7) is 0.912. The monoisotopic (exact) mass is 292 g/mol. The van der Waals surface area contributed by atoms with Crippen LogP contribution in [-0.4, -0.2) is 41.4 Å². The molecule has 0 spiro atoms. The molecule has 1 saturated carbocycles. The molecule has 1 aliphatic carbocycles. The van der Waals surface area contributed by atoms with Crippen molar-refractivity contribution in [2.45, 2.75) is 30.0 Å². The normalized spacial score (nSPS) is 16.1. The summed E-state index contributed by atoms with van der Waals surface area (Å²) >= 11 is 0.588. The highest BCUT2D eigenvalue weighted by Gasteiger charge is 2.40. The van der Waals surface area contributed by atoms with Crippen molar-refractivity contribution in [3.05, 3.63) is 15.4 Å². The molecule has 0 unspecified atom stereocenters. The van der Waals surface area contributed by atoms with Crippen molar-refractivity contribution >= 4 is 27.3 Å². The van der Waals surface area contributed by atoms with Crippen LogP contribution < -0.4 is 4.87 Å². The number of aromatic nitrogens is 1. The lowest BCUT2D eigenvalue weighted by Gasteiger charge is -2.18. The summed E-state index contributed by atoms with van der Waals surface area (Å²) in [7, 11) is -3.90. The van der Waals surface area contributed by atoms with Crippen molar-refractivity contribution in [3.63, 3.8) is 0 Å². The SMILES string of the molecule is Cc1[nH]c(=O)sc1S(=O)(=O)N(CC(=O)O)C1CC1. The Morgan fingerprint density at radius 1 is 1.56 bits per heavy atom. The molecular weight excluding hydrogens is 280 g/mol. The maximum Gasteiger partial charge on any atom is 0.318 e. The van der Waals surface area contributed by atoms with Gasteiger partial charge < -0.3 is 10.1 Å². The molecule has 100 valence electrons. The summed E-state index contributed by atoms with van der Waals surface area (Å²) < 4.78 is 25.5. The summed E-state index contributed by atoms with van der Waals surface area (Å²) in [5, 5.41) is 8.77.